The van der Waals surface area contributed by atoms with Gasteiger partial charge in [-0.2, -0.15) is 5.26 Å². The van der Waals surface area contributed by atoms with Gasteiger partial charge in [0, 0.05) is 0 Å². The van der Waals surface area contributed by atoms with Gasteiger partial charge in [0.15, 0.2) is 0 Å². The lowest BCUT2D eigenvalue weighted by Gasteiger charge is -2.22. The normalized spacial score (nSPS) is 10.8. The molecule has 0 aliphatic carbocycles. The maximum atomic E-state index is 11.9. The van der Waals surface area contributed by atoms with E-state index in [1.165, 1.54) is 0 Å². The van der Waals surface area contributed by atoms with E-state index in [0.717, 1.165) is 29.7 Å². The van der Waals surface area contributed by atoms with Crippen LogP contribution in [0.25, 0.3) is 11.1 Å². The molecule has 0 saturated carbocycles. The molecule has 0 atom stereocenters. The maximum absolute atomic E-state index is 11.9. The third-order valence-corrected chi connectivity index (χ3v) is 4.24. The Hall–Kier alpha value is -2.80. The van der Waals surface area contributed by atoms with Crippen LogP contribution >= 0.6 is 0 Å². The van der Waals surface area contributed by atoms with E-state index in [1.54, 1.807) is 0 Å². The minimum atomic E-state index is -0.487. The van der Waals surface area contributed by atoms with Crippen LogP contribution in [0.15, 0.2) is 48.5 Å². The predicted molar refractivity (Wildman–Crippen MR) is 102 cm³/mol. The minimum absolute atomic E-state index is 0.160. The summed E-state index contributed by atoms with van der Waals surface area (Å²) in [5.74, 6) is 0.642. The van der Waals surface area contributed by atoms with Crippen LogP contribution in [0.3, 0.4) is 0 Å². The Kier molecular flexibility index (Phi) is 6.80. The van der Waals surface area contributed by atoms with E-state index in [1.807, 2.05) is 69.3 Å². The first-order valence-electron chi connectivity index (χ1n) is 8.87. The highest BCUT2D eigenvalue weighted by Crippen LogP contribution is 2.25. The molecule has 2 aromatic carbocycles. The van der Waals surface area contributed by atoms with E-state index in [4.69, 9.17) is 14.7 Å². The van der Waals surface area contributed by atoms with E-state index in [9.17, 15) is 4.79 Å². The summed E-state index contributed by atoms with van der Waals surface area (Å²) in [6.07, 6.45) is 1.50. The third kappa shape index (κ3) is 5.35. The monoisotopic (exact) mass is 351 g/mol. The Morgan fingerprint density at radius 2 is 1.62 bits per heavy atom. The summed E-state index contributed by atoms with van der Waals surface area (Å²) in [5.41, 5.74) is 2.30. The molecule has 0 aliphatic heterocycles. The maximum Gasteiger partial charge on any atom is 0.311 e. The Balaban J connectivity index is 1.84. The van der Waals surface area contributed by atoms with Crippen molar-refractivity contribution in [2.45, 2.75) is 33.6 Å². The van der Waals surface area contributed by atoms with Gasteiger partial charge in [0.1, 0.15) is 5.75 Å². The predicted octanol–water partition coefficient (Wildman–Crippen LogP) is 4.97. The fourth-order valence-corrected chi connectivity index (χ4v) is 2.61. The van der Waals surface area contributed by atoms with Crippen molar-refractivity contribution in [2.75, 3.05) is 13.2 Å². The van der Waals surface area contributed by atoms with E-state index in [-0.39, 0.29) is 5.97 Å². The summed E-state index contributed by atoms with van der Waals surface area (Å²) in [4.78, 5) is 11.9. The van der Waals surface area contributed by atoms with Gasteiger partial charge in [0.05, 0.1) is 30.3 Å². The number of nitrogens with zero attached hydrogens (tertiary/aromatic N) is 1. The topological polar surface area (TPSA) is 59.3 Å². The fraction of sp³-hybridized carbons (Fsp3) is 0.364. The zero-order valence-corrected chi connectivity index (χ0v) is 15.6. The van der Waals surface area contributed by atoms with Gasteiger partial charge < -0.3 is 9.47 Å². The van der Waals surface area contributed by atoms with E-state index >= 15 is 0 Å². The van der Waals surface area contributed by atoms with Gasteiger partial charge in [-0.3, -0.25) is 4.79 Å². The second-order valence-electron chi connectivity index (χ2n) is 6.77. The first kappa shape index (κ1) is 19.5. The zero-order valence-electron chi connectivity index (χ0n) is 15.6. The van der Waals surface area contributed by atoms with Crippen LogP contribution in [-0.4, -0.2) is 19.2 Å². The van der Waals surface area contributed by atoms with Crippen molar-refractivity contribution in [1.29, 1.82) is 5.26 Å². The first-order valence-corrected chi connectivity index (χ1v) is 8.87. The number of esters is 1. The minimum Gasteiger partial charge on any atom is -0.494 e. The van der Waals surface area contributed by atoms with Crippen molar-refractivity contribution >= 4 is 5.97 Å². The Morgan fingerprint density at radius 3 is 2.15 bits per heavy atom. The number of rotatable bonds is 8. The average molecular weight is 351 g/mol. The first-order chi connectivity index (χ1) is 12.5. The van der Waals surface area contributed by atoms with E-state index in [2.05, 4.69) is 6.07 Å². The molecule has 4 heteroatoms. The number of hydrogen-bond donors (Lipinski definition) is 0. The lowest BCUT2D eigenvalue weighted by molar-refractivity contribution is -0.153. The second kappa shape index (κ2) is 9.05. The number of carbonyl (C=O) groups is 1. The van der Waals surface area contributed by atoms with Crippen LogP contribution in [0.5, 0.6) is 5.75 Å². The Labute approximate surface area is 155 Å². The number of carbonyl (C=O) groups excluding carboxylic acids is 1. The summed E-state index contributed by atoms with van der Waals surface area (Å²) < 4.78 is 10.9. The summed E-state index contributed by atoms with van der Waals surface area (Å²) in [6.45, 7) is 6.58. The molecule has 26 heavy (non-hydrogen) atoms. The van der Waals surface area contributed by atoms with Crippen molar-refractivity contribution in [3.8, 4) is 22.9 Å². The molecule has 0 N–H and O–H groups in total. The quantitative estimate of drug-likeness (QED) is 0.497. The molecule has 0 aromatic heterocycles. The lowest BCUT2D eigenvalue weighted by atomic mass is 9.88. The summed E-state index contributed by atoms with van der Waals surface area (Å²) in [6, 6.07) is 17.5. The van der Waals surface area contributed by atoms with Gasteiger partial charge in [-0.1, -0.05) is 24.3 Å². The summed E-state index contributed by atoms with van der Waals surface area (Å²) >= 11 is 0. The third-order valence-electron chi connectivity index (χ3n) is 4.24. The highest BCUT2D eigenvalue weighted by molar-refractivity contribution is 5.75. The molecule has 0 saturated heterocycles. The Morgan fingerprint density at radius 1 is 1.04 bits per heavy atom. The molecule has 0 aliphatic rings. The van der Waals surface area contributed by atoms with Gasteiger partial charge >= 0.3 is 5.97 Å². The number of nitriles is 1. The van der Waals surface area contributed by atoms with Crippen molar-refractivity contribution in [3.63, 3.8) is 0 Å². The van der Waals surface area contributed by atoms with Gasteiger partial charge in [-0.15, -0.1) is 0 Å². The summed E-state index contributed by atoms with van der Waals surface area (Å²) in [7, 11) is 0. The molecule has 0 unspecified atom stereocenters. The molecular weight excluding hydrogens is 326 g/mol. The molecule has 0 fully saturated rings. The van der Waals surface area contributed by atoms with Gasteiger partial charge in [0.25, 0.3) is 0 Å². The molecule has 2 aromatic rings. The van der Waals surface area contributed by atoms with Crippen molar-refractivity contribution in [2.24, 2.45) is 5.41 Å². The molecule has 4 nitrogen and oxygen atoms in total. The molecular formula is C22H25NO3. The van der Waals surface area contributed by atoms with Crippen LogP contribution in [-0.2, 0) is 9.53 Å². The van der Waals surface area contributed by atoms with E-state index in [0.29, 0.717) is 18.8 Å². The van der Waals surface area contributed by atoms with Crippen LogP contribution in [0, 0.1) is 16.7 Å². The van der Waals surface area contributed by atoms with Crippen molar-refractivity contribution in [1.82, 2.24) is 0 Å². The molecule has 0 bridgehead atoms. The molecule has 0 radical (unpaired) electrons. The van der Waals surface area contributed by atoms with Gasteiger partial charge in [-0.25, -0.2) is 0 Å². The molecule has 136 valence electrons. The van der Waals surface area contributed by atoms with E-state index < -0.39 is 5.41 Å². The number of ether oxygens (including phenoxy) is 2. The number of hydrogen-bond acceptors (Lipinski definition) is 4. The number of benzene rings is 2. The molecule has 0 spiro atoms. The standard InChI is InChI=1S/C22H25NO3/c1-4-25-21(24)22(2,3)14-5-15-26-20-12-10-19(11-13-20)18-8-6-17(16-23)7-9-18/h6-13H,4-5,14-15H2,1-3H3. The largest absolute Gasteiger partial charge is 0.494 e. The lowest BCUT2D eigenvalue weighted by Crippen LogP contribution is -2.27. The second-order valence-corrected chi connectivity index (χ2v) is 6.77. The average Bonchev–Trinajstić information content (AvgIpc) is 2.66. The van der Waals surface area contributed by atoms with Crippen LogP contribution in [0.4, 0.5) is 0 Å². The summed E-state index contributed by atoms with van der Waals surface area (Å²) in [5, 5.41) is 8.85. The van der Waals surface area contributed by atoms with Crippen molar-refractivity contribution < 1.29 is 14.3 Å². The molecule has 0 amide bonds. The smallest absolute Gasteiger partial charge is 0.311 e. The van der Waals surface area contributed by atoms with Gasteiger partial charge in [-0.05, 0) is 69.0 Å². The zero-order chi connectivity index (χ0) is 19.0. The SMILES string of the molecule is CCOC(=O)C(C)(C)CCCOc1ccc(-c2ccc(C#N)cc2)cc1. The Bertz CT molecular complexity index is 755. The fourth-order valence-electron chi connectivity index (χ4n) is 2.61. The highest BCUT2D eigenvalue weighted by atomic mass is 16.5. The molecule has 2 rings (SSSR count). The van der Waals surface area contributed by atoms with Gasteiger partial charge in [0.2, 0.25) is 0 Å². The highest BCUT2D eigenvalue weighted by Gasteiger charge is 2.28. The van der Waals surface area contributed by atoms with Crippen LogP contribution in [0.1, 0.15) is 39.2 Å². The van der Waals surface area contributed by atoms with Crippen LogP contribution < -0.4 is 4.74 Å². The molecule has 0 heterocycles. The van der Waals surface area contributed by atoms with Crippen molar-refractivity contribution in [3.05, 3.63) is 54.1 Å². The van der Waals surface area contributed by atoms with Crippen LogP contribution in [0.2, 0.25) is 0 Å².